The molecule has 0 saturated carbocycles. The number of benzene rings is 1. The summed E-state index contributed by atoms with van der Waals surface area (Å²) in [6.45, 7) is 4.22. The van der Waals surface area contributed by atoms with E-state index in [9.17, 15) is 4.39 Å². The Hall–Kier alpha value is -1.33. The van der Waals surface area contributed by atoms with E-state index in [0.29, 0.717) is 6.42 Å². The number of terminal acetylenes is 1. The maximum atomic E-state index is 12.9. The number of nitrogens with one attached hydrogen (secondary N) is 1. The second kappa shape index (κ2) is 5.14. The van der Waals surface area contributed by atoms with Gasteiger partial charge in [-0.3, -0.25) is 0 Å². The second-order valence-electron chi connectivity index (χ2n) is 4.48. The highest BCUT2D eigenvalue weighted by Gasteiger charge is 2.29. The number of likely N-dealkylation sites (N-methyl/N-ethyl adjacent to an activating group) is 1. The molecule has 0 aliphatic rings. The molecule has 1 rings (SSSR count). The minimum absolute atomic E-state index is 0.116. The molecule has 1 N–H and O–H groups in total. The highest BCUT2D eigenvalue weighted by molar-refractivity contribution is 5.27. The van der Waals surface area contributed by atoms with Gasteiger partial charge in [-0.25, -0.2) is 4.39 Å². The highest BCUT2D eigenvalue weighted by Crippen LogP contribution is 2.28. The van der Waals surface area contributed by atoms with Gasteiger partial charge in [0, 0.05) is 17.9 Å². The van der Waals surface area contributed by atoms with Gasteiger partial charge < -0.3 is 5.32 Å². The van der Waals surface area contributed by atoms with Crippen LogP contribution in [0.15, 0.2) is 24.3 Å². The van der Waals surface area contributed by atoms with Gasteiger partial charge in [0.25, 0.3) is 0 Å². The number of rotatable bonds is 4. The average molecular weight is 219 g/mol. The highest BCUT2D eigenvalue weighted by atomic mass is 19.1. The third kappa shape index (κ3) is 2.62. The van der Waals surface area contributed by atoms with E-state index < -0.39 is 0 Å². The van der Waals surface area contributed by atoms with E-state index >= 15 is 0 Å². The fourth-order valence-electron chi connectivity index (χ4n) is 1.92. The molecular weight excluding hydrogens is 201 g/mol. The smallest absolute Gasteiger partial charge is 0.123 e. The molecule has 1 nitrogen and oxygen atoms in total. The van der Waals surface area contributed by atoms with Crippen molar-refractivity contribution < 1.29 is 4.39 Å². The van der Waals surface area contributed by atoms with Gasteiger partial charge in [0.1, 0.15) is 5.82 Å². The molecule has 86 valence electrons. The maximum absolute atomic E-state index is 12.9. The summed E-state index contributed by atoms with van der Waals surface area (Å²) in [5.74, 6) is 2.46. The second-order valence-corrected chi connectivity index (χ2v) is 4.48. The minimum Gasteiger partial charge on any atom is -0.315 e. The van der Waals surface area contributed by atoms with Crippen molar-refractivity contribution >= 4 is 0 Å². The monoisotopic (exact) mass is 219 g/mol. The summed E-state index contributed by atoms with van der Waals surface area (Å²) in [5, 5.41) is 3.22. The predicted octanol–water partition coefficient (Wildman–Crippen LogP) is 2.71. The molecular formula is C14H18FN. The lowest BCUT2D eigenvalue weighted by Gasteiger charge is -2.33. The van der Waals surface area contributed by atoms with Crippen molar-refractivity contribution in [2.24, 2.45) is 0 Å². The molecule has 2 heteroatoms. The number of halogens is 1. The molecule has 1 atom stereocenters. The van der Waals surface area contributed by atoms with Crippen molar-refractivity contribution in [1.82, 2.24) is 5.32 Å². The van der Waals surface area contributed by atoms with E-state index in [0.717, 1.165) is 5.56 Å². The summed E-state index contributed by atoms with van der Waals surface area (Å²) in [5.41, 5.74) is 0.970. The summed E-state index contributed by atoms with van der Waals surface area (Å²) in [6.07, 6.45) is 6.01. The molecule has 0 aliphatic heterocycles. The van der Waals surface area contributed by atoms with Crippen molar-refractivity contribution in [3.8, 4) is 12.3 Å². The normalized spacial score (nSPS) is 13.2. The summed E-state index contributed by atoms with van der Waals surface area (Å²) in [7, 11) is 1.90. The Morgan fingerprint density at radius 2 is 1.94 bits per heavy atom. The fourth-order valence-corrected chi connectivity index (χ4v) is 1.92. The Morgan fingerprint density at radius 1 is 1.38 bits per heavy atom. The maximum Gasteiger partial charge on any atom is 0.123 e. The lowest BCUT2D eigenvalue weighted by Crippen LogP contribution is -2.42. The van der Waals surface area contributed by atoms with Gasteiger partial charge in [-0.15, -0.1) is 12.3 Å². The quantitative estimate of drug-likeness (QED) is 0.768. The summed E-state index contributed by atoms with van der Waals surface area (Å²) in [4.78, 5) is 0. The van der Waals surface area contributed by atoms with Crippen LogP contribution in [0, 0.1) is 18.2 Å². The van der Waals surface area contributed by atoms with Crippen molar-refractivity contribution in [2.45, 2.75) is 31.7 Å². The van der Waals surface area contributed by atoms with Crippen LogP contribution in [0.2, 0.25) is 0 Å². The molecule has 1 aromatic carbocycles. The van der Waals surface area contributed by atoms with Gasteiger partial charge in [0.2, 0.25) is 0 Å². The van der Waals surface area contributed by atoms with E-state index in [1.165, 1.54) is 12.1 Å². The van der Waals surface area contributed by atoms with Gasteiger partial charge in [0.15, 0.2) is 0 Å². The number of hydrogen-bond acceptors (Lipinski definition) is 1. The Labute approximate surface area is 97.1 Å². The van der Waals surface area contributed by atoms with Crippen LogP contribution >= 0.6 is 0 Å². The van der Waals surface area contributed by atoms with Gasteiger partial charge in [-0.05, 0) is 24.7 Å². The molecule has 0 aromatic heterocycles. The lowest BCUT2D eigenvalue weighted by molar-refractivity contribution is 0.364. The first kappa shape index (κ1) is 12.7. The largest absolute Gasteiger partial charge is 0.315 e. The molecule has 1 unspecified atom stereocenters. The van der Waals surface area contributed by atoms with E-state index in [-0.39, 0.29) is 17.3 Å². The lowest BCUT2D eigenvalue weighted by atomic mass is 9.76. The molecule has 0 saturated heterocycles. The summed E-state index contributed by atoms with van der Waals surface area (Å²) in [6, 6.07) is 6.79. The fraction of sp³-hybridized carbons (Fsp3) is 0.429. The molecule has 0 bridgehead atoms. The Kier molecular flexibility index (Phi) is 4.09. The zero-order valence-corrected chi connectivity index (χ0v) is 10.0. The summed E-state index contributed by atoms with van der Waals surface area (Å²) >= 11 is 0. The van der Waals surface area contributed by atoms with Gasteiger partial charge in [0.05, 0.1) is 0 Å². The van der Waals surface area contributed by atoms with Crippen LogP contribution < -0.4 is 5.32 Å². The van der Waals surface area contributed by atoms with Crippen LogP contribution in [0.3, 0.4) is 0 Å². The van der Waals surface area contributed by atoms with Crippen LogP contribution in [0.5, 0.6) is 0 Å². The summed E-state index contributed by atoms with van der Waals surface area (Å²) < 4.78 is 12.9. The first-order chi connectivity index (χ1) is 7.52. The van der Waals surface area contributed by atoms with Gasteiger partial charge in [-0.1, -0.05) is 26.0 Å². The Balaban J connectivity index is 2.99. The Morgan fingerprint density at radius 3 is 2.38 bits per heavy atom. The molecule has 0 radical (unpaired) electrons. The predicted molar refractivity (Wildman–Crippen MR) is 65.7 cm³/mol. The number of hydrogen-bond donors (Lipinski definition) is 1. The van der Waals surface area contributed by atoms with E-state index in [4.69, 9.17) is 6.42 Å². The molecule has 0 fully saturated rings. The average Bonchev–Trinajstić information content (AvgIpc) is 2.26. The molecule has 0 amide bonds. The van der Waals surface area contributed by atoms with Crippen molar-refractivity contribution in [2.75, 3.05) is 7.05 Å². The topological polar surface area (TPSA) is 12.0 Å². The zero-order chi connectivity index (χ0) is 12.2. The van der Waals surface area contributed by atoms with Crippen LogP contribution in [-0.4, -0.2) is 13.1 Å². The minimum atomic E-state index is -0.211. The molecule has 16 heavy (non-hydrogen) atoms. The SMILES string of the molecule is C#CCC(NC)C(C)(C)c1ccc(F)cc1. The third-order valence-electron chi connectivity index (χ3n) is 3.13. The van der Waals surface area contributed by atoms with Crippen LogP contribution in [0.1, 0.15) is 25.8 Å². The molecule has 0 heterocycles. The molecule has 0 aliphatic carbocycles. The van der Waals surface area contributed by atoms with Gasteiger partial charge >= 0.3 is 0 Å². The van der Waals surface area contributed by atoms with E-state index in [1.54, 1.807) is 0 Å². The first-order valence-corrected chi connectivity index (χ1v) is 5.39. The van der Waals surface area contributed by atoms with E-state index in [1.807, 2.05) is 19.2 Å². The Bertz CT molecular complexity index is 373. The van der Waals surface area contributed by atoms with E-state index in [2.05, 4.69) is 25.1 Å². The van der Waals surface area contributed by atoms with Crippen molar-refractivity contribution in [3.05, 3.63) is 35.6 Å². The van der Waals surface area contributed by atoms with Crippen LogP contribution in [0.4, 0.5) is 4.39 Å². The van der Waals surface area contributed by atoms with Crippen LogP contribution in [0.25, 0.3) is 0 Å². The van der Waals surface area contributed by atoms with Crippen molar-refractivity contribution in [1.29, 1.82) is 0 Å². The van der Waals surface area contributed by atoms with Crippen molar-refractivity contribution in [3.63, 3.8) is 0 Å². The zero-order valence-electron chi connectivity index (χ0n) is 10.0. The first-order valence-electron chi connectivity index (χ1n) is 5.39. The molecule has 1 aromatic rings. The molecule has 0 spiro atoms. The third-order valence-corrected chi connectivity index (χ3v) is 3.13. The van der Waals surface area contributed by atoms with Crippen LogP contribution in [-0.2, 0) is 5.41 Å². The standard InChI is InChI=1S/C14H18FN/c1-5-6-13(16-4)14(2,3)11-7-9-12(15)10-8-11/h1,7-10,13,16H,6H2,2-4H3. The van der Waals surface area contributed by atoms with Gasteiger partial charge in [-0.2, -0.15) is 0 Å².